The topological polar surface area (TPSA) is 297 Å². The first kappa shape index (κ1) is 30.5. The molecule has 1 aliphatic carbocycles. The van der Waals surface area contributed by atoms with E-state index in [0.717, 1.165) is 0 Å². The Hall–Kier alpha value is -1.09. The molecule has 216 valence electrons. The highest BCUT2D eigenvalue weighted by molar-refractivity contribution is 5.81. The number of rotatable bonds is 9. The van der Waals surface area contributed by atoms with Gasteiger partial charge in [0, 0.05) is 19.1 Å². The number of nitrogens with two attached hydrogens (primary N) is 5. The summed E-state index contributed by atoms with van der Waals surface area (Å²) < 4.78 is 23.2. The van der Waals surface area contributed by atoms with E-state index in [9.17, 15) is 30.3 Å². The van der Waals surface area contributed by atoms with Crippen LogP contribution in [-0.4, -0.2) is 137 Å². The zero-order chi connectivity index (χ0) is 27.4. The van der Waals surface area contributed by atoms with Gasteiger partial charge in [-0.1, -0.05) is 0 Å². The maximum absolute atomic E-state index is 12.4. The lowest BCUT2D eigenvalue weighted by atomic mass is 9.83. The lowest BCUT2D eigenvalue weighted by Crippen LogP contribution is -2.69. The average molecular weight is 539 g/mol. The molecule has 37 heavy (non-hydrogen) atoms. The van der Waals surface area contributed by atoms with Crippen LogP contribution in [-0.2, 0) is 23.7 Å². The standard InChI is InChI=1S/C21H42N6O10/c22-4-7-1-2-8(24)20(34-7)36-17-9(25)3-10(27-19(33)11(29)5-23)18(16(17)32)37-21-15(31)13(26)14(30)12(6-28)35-21/h7-18,20-21,28-32H,1-6,22-26H2,(H,27,33)/t7-,8+,9-,10+,11-,12+,13-,14+,15+,16-,17+,18-,20+,21+/m0/s1. The van der Waals surface area contributed by atoms with Gasteiger partial charge in [0.25, 0.3) is 0 Å². The molecule has 0 aromatic carbocycles. The fourth-order valence-electron chi connectivity index (χ4n) is 4.84. The minimum absolute atomic E-state index is 0.0125. The third kappa shape index (κ3) is 6.92. The van der Waals surface area contributed by atoms with Crippen LogP contribution < -0.4 is 34.0 Å². The molecule has 16 N–H and O–H groups in total. The molecule has 0 aromatic rings. The minimum atomic E-state index is -1.55. The van der Waals surface area contributed by atoms with Gasteiger partial charge in [0.1, 0.15) is 42.7 Å². The zero-order valence-corrected chi connectivity index (χ0v) is 20.5. The number of hydrogen-bond donors (Lipinski definition) is 11. The lowest BCUT2D eigenvalue weighted by Gasteiger charge is -2.48. The SMILES string of the molecule is NC[C@@H]1CC[C@@H](N)[C@@H](O[C@H]2[C@H](O)[C@@H](O[C@H]3O[C@H](CO)[C@@H](O)[C@H](N)[C@H]3O)[C@H](NC(=O)[C@@H](O)CN)C[C@@H]2N)O1. The summed E-state index contributed by atoms with van der Waals surface area (Å²) in [5.74, 6) is -0.825. The number of carbonyl (C=O) groups excluding carboxylic acids is 1. The summed E-state index contributed by atoms with van der Waals surface area (Å²) in [5.41, 5.74) is 29.4. The van der Waals surface area contributed by atoms with E-state index in [2.05, 4.69) is 5.32 Å². The Morgan fingerprint density at radius 3 is 2.24 bits per heavy atom. The van der Waals surface area contributed by atoms with Gasteiger partial charge >= 0.3 is 0 Å². The maximum Gasteiger partial charge on any atom is 0.250 e. The molecule has 0 radical (unpaired) electrons. The van der Waals surface area contributed by atoms with Crippen LogP contribution in [0.1, 0.15) is 19.3 Å². The fraction of sp³-hybridized carbons (Fsp3) is 0.952. The Balaban J connectivity index is 1.82. The lowest BCUT2D eigenvalue weighted by molar-refractivity contribution is -0.314. The first-order valence-electron chi connectivity index (χ1n) is 12.4. The normalized spacial score (nSPS) is 45.8. The van der Waals surface area contributed by atoms with Crippen molar-refractivity contribution in [3.05, 3.63) is 0 Å². The van der Waals surface area contributed by atoms with Gasteiger partial charge in [0.05, 0.1) is 30.8 Å². The second-order valence-electron chi connectivity index (χ2n) is 9.85. The van der Waals surface area contributed by atoms with E-state index in [1.165, 1.54) is 0 Å². The van der Waals surface area contributed by atoms with E-state index in [-0.39, 0.29) is 25.6 Å². The van der Waals surface area contributed by atoms with Crippen LogP contribution in [0, 0.1) is 0 Å². The van der Waals surface area contributed by atoms with Gasteiger partial charge in [-0.15, -0.1) is 0 Å². The smallest absolute Gasteiger partial charge is 0.250 e. The molecule has 0 bridgehead atoms. The first-order valence-corrected chi connectivity index (χ1v) is 12.4. The number of nitrogens with one attached hydrogen (secondary N) is 1. The molecule has 1 saturated carbocycles. The molecular formula is C21H42N6O10. The summed E-state index contributed by atoms with van der Waals surface area (Å²) >= 11 is 0. The molecule has 3 fully saturated rings. The molecule has 0 unspecified atom stereocenters. The zero-order valence-electron chi connectivity index (χ0n) is 20.5. The van der Waals surface area contributed by atoms with Crippen molar-refractivity contribution in [1.82, 2.24) is 5.32 Å². The van der Waals surface area contributed by atoms with Gasteiger partial charge in [-0.25, -0.2) is 0 Å². The predicted octanol–water partition coefficient (Wildman–Crippen LogP) is -6.79. The predicted molar refractivity (Wildman–Crippen MR) is 126 cm³/mol. The van der Waals surface area contributed by atoms with Gasteiger partial charge in [-0.05, 0) is 19.3 Å². The highest BCUT2D eigenvalue weighted by Crippen LogP contribution is 2.31. The number of hydrogen-bond acceptors (Lipinski definition) is 15. The van der Waals surface area contributed by atoms with Crippen molar-refractivity contribution in [3.8, 4) is 0 Å². The molecule has 1 amide bonds. The number of carbonyl (C=O) groups is 1. The van der Waals surface area contributed by atoms with E-state index >= 15 is 0 Å². The Bertz CT molecular complexity index is 740. The fourth-order valence-corrected chi connectivity index (χ4v) is 4.84. The number of aliphatic hydroxyl groups excluding tert-OH is 5. The average Bonchev–Trinajstić information content (AvgIpc) is 2.88. The van der Waals surface area contributed by atoms with Crippen LogP contribution in [0.4, 0.5) is 0 Å². The Morgan fingerprint density at radius 1 is 0.946 bits per heavy atom. The molecule has 2 saturated heterocycles. The van der Waals surface area contributed by atoms with Crippen LogP contribution in [0.15, 0.2) is 0 Å². The molecule has 14 atom stereocenters. The maximum atomic E-state index is 12.4. The summed E-state index contributed by atoms with van der Waals surface area (Å²) in [6, 6.07) is -3.56. The van der Waals surface area contributed by atoms with Crippen molar-refractivity contribution in [2.24, 2.45) is 28.7 Å². The van der Waals surface area contributed by atoms with Crippen LogP contribution in [0.25, 0.3) is 0 Å². The van der Waals surface area contributed by atoms with Crippen molar-refractivity contribution in [3.63, 3.8) is 0 Å². The van der Waals surface area contributed by atoms with E-state index < -0.39 is 92.0 Å². The number of aliphatic hydroxyl groups is 5. The third-order valence-corrected chi connectivity index (χ3v) is 7.15. The minimum Gasteiger partial charge on any atom is -0.394 e. The van der Waals surface area contributed by atoms with E-state index in [1.807, 2.05) is 0 Å². The first-order chi connectivity index (χ1) is 17.5. The monoisotopic (exact) mass is 538 g/mol. The van der Waals surface area contributed by atoms with Crippen molar-refractivity contribution in [2.45, 2.75) is 105 Å². The summed E-state index contributed by atoms with van der Waals surface area (Å²) in [6.07, 6.45) is -11.0. The van der Waals surface area contributed by atoms with Gasteiger partial charge in [0.15, 0.2) is 12.6 Å². The van der Waals surface area contributed by atoms with Crippen molar-refractivity contribution < 1.29 is 49.3 Å². The van der Waals surface area contributed by atoms with Gasteiger partial charge in [-0.2, -0.15) is 0 Å². The summed E-state index contributed by atoms with van der Waals surface area (Å²) in [6.45, 7) is -0.712. The molecule has 3 aliphatic rings. The second kappa shape index (κ2) is 13.3. The molecule has 2 heterocycles. The molecule has 0 spiro atoms. The molecule has 3 rings (SSSR count). The highest BCUT2D eigenvalue weighted by atomic mass is 16.7. The third-order valence-electron chi connectivity index (χ3n) is 7.15. The summed E-state index contributed by atoms with van der Waals surface area (Å²) in [5, 5.41) is 53.9. The van der Waals surface area contributed by atoms with Gasteiger partial charge < -0.3 is 78.5 Å². The van der Waals surface area contributed by atoms with E-state index in [1.54, 1.807) is 0 Å². The molecule has 0 aromatic heterocycles. The van der Waals surface area contributed by atoms with Crippen LogP contribution in [0.5, 0.6) is 0 Å². The van der Waals surface area contributed by atoms with Gasteiger partial charge in [-0.3, -0.25) is 4.79 Å². The van der Waals surface area contributed by atoms with Crippen molar-refractivity contribution in [1.29, 1.82) is 0 Å². The highest BCUT2D eigenvalue weighted by Gasteiger charge is 2.51. The number of ether oxygens (including phenoxy) is 4. The van der Waals surface area contributed by atoms with Crippen LogP contribution in [0.2, 0.25) is 0 Å². The molecular weight excluding hydrogens is 496 g/mol. The van der Waals surface area contributed by atoms with Crippen molar-refractivity contribution in [2.75, 3.05) is 19.7 Å². The Labute approximate surface area is 214 Å². The summed E-state index contributed by atoms with van der Waals surface area (Å²) in [4.78, 5) is 12.4. The Kier molecular flexibility index (Phi) is 11.0. The quantitative estimate of drug-likeness (QED) is 0.130. The van der Waals surface area contributed by atoms with E-state index in [4.69, 9.17) is 47.6 Å². The molecule has 2 aliphatic heterocycles. The number of amides is 1. The van der Waals surface area contributed by atoms with Crippen LogP contribution in [0.3, 0.4) is 0 Å². The molecule has 16 heteroatoms. The molecule has 16 nitrogen and oxygen atoms in total. The van der Waals surface area contributed by atoms with Gasteiger partial charge in [0.2, 0.25) is 5.91 Å². The second-order valence-corrected chi connectivity index (χ2v) is 9.85. The largest absolute Gasteiger partial charge is 0.394 e. The summed E-state index contributed by atoms with van der Waals surface area (Å²) in [7, 11) is 0. The van der Waals surface area contributed by atoms with Crippen LogP contribution >= 0.6 is 0 Å². The van der Waals surface area contributed by atoms with E-state index in [0.29, 0.717) is 12.8 Å². The van der Waals surface area contributed by atoms with Crippen molar-refractivity contribution >= 4 is 5.91 Å². The Morgan fingerprint density at radius 2 is 1.62 bits per heavy atom.